The van der Waals surface area contributed by atoms with Gasteiger partial charge in [-0.1, -0.05) is 6.07 Å². The molecular formula is C21H27F3N4O4S. The number of hydrogen-bond acceptors (Lipinski definition) is 6. The van der Waals surface area contributed by atoms with Crippen LogP contribution < -0.4 is 10.1 Å². The third-order valence-electron chi connectivity index (χ3n) is 6.01. The van der Waals surface area contributed by atoms with Crippen molar-refractivity contribution in [2.75, 3.05) is 38.2 Å². The summed E-state index contributed by atoms with van der Waals surface area (Å²) in [6.45, 7) is 0.394. The molecule has 0 spiro atoms. The molecule has 2 aliphatic heterocycles. The largest absolute Gasteiger partial charge is 0.484 e. The van der Waals surface area contributed by atoms with Crippen LogP contribution in [0.3, 0.4) is 0 Å². The molecule has 0 saturated carbocycles. The van der Waals surface area contributed by atoms with Crippen molar-refractivity contribution in [1.82, 2.24) is 13.9 Å². The maximum absolute atomic E-state index is 13.2. The van der Waals surface area contributed by atoms with Crippen LogP contribution in [-0.4, -0.2) is 67.4 Å². The van der Waals surface area contributed by atoms with Crippen LogP contribution in [0.25, 0.3) is 0 Å². The zero-order valence-corrected chi connectivity index (χ0v) is 19.0. The predicted octanol–water partition coefficient (Wildman–Crippen LogP) is 2.89. The summed E-state index contributed by atoms with van der Waals surface area (Å²) in [5, 5.41) is 3.33. The van der Waals surface area contributed by atoms with Gasteiger partial charge in [-0.05, 0) is 36.8 Å². The third-order valence-corrected chi connectivity index (χ3v) is 7.72. The van der Waals surface area contributed by atoms with Crippen LogP contribution in [0.2, 0.25) is 0 Å². The van der Waals surface area contributed by atoms with E-state index in [1.807, 2.05) is 0 Å². The lowest BCUT2D eigenvalue weighted by atomic mass is 9.84. The van der Waals surface area contributed by atoms with Crippen molar-refractivity contribution in [1.29, 1.82) is 0 Å². The monoisotopic (exact) mass is 488 g/mol. The summed E-state index contributed by atoms with van der Waals surface area (Å²) in [6.07, 6.45) is 0.311. The Morgan fingerprint density at radius 1 is 1.30 bits per heavy atom. The Kier molecular flexibility index (Phi) is 6.87. The number of imidazole rings is 1. The molecule has 2 aromatic rings. The first-order valence-corrected chi connectivity index (χ1v) is 12.2. The molecule has 1 N–H and O–H groups in total. The van der Waals surface area contributed by atoms with Gasteiger partial charge in [0.25, 0.3) is 10.0 Å². The lowest BCUT2D eigenvalue weighted by Gasteiger charge is -2.31. The second kappa shape index (κ2) is 9.51. The predicted molar refractivity (Wildman–Crippen MR) is 114 cm³/mol. The molecule has 8 nitrogen and oxygen atoms in total. The summed E-state index contributed by atoms with van der Waals surface area (Å²) in [6, 6.07) is 6.04. The van der Waals surface area contributed by atoms with Crippen molar-refractivity contribution in [3.63, 3.8) is 0 Å². The minimum Gasteiger partial charge on any atom is -0.484 e. The van der Waals surface area contributed by atoms with Gasteiger partial charge in [0, 0.05) is 57.3 Å². The number of aromatic nitrogens is 2. The van der Waals surface area contributed by atoms with Gasteiger partial charge in [-0.2, -0.15) is 17.5 Å². The van der Waals surface area contributed by atoms with Crippen molar-refractivity contribution in [3.05, 3.63) is 36.8 Å². The average molecular weight is 489 g/mol. The Morgan fingerprint density at radius 2 is 2.12 bits per heavy atom. The SMILES string of the molecule is Cn1cnc(S(=O)(=O)N2C[C@H]([C@@H]3CCCOC3)[C@@H](Nc3cccc(OCC(F)(F)F)c3)C2)c1. The summed E-state index contributed by atoms with van der Waals surface area (Å²) in [5.41, 5.74) is 0.568. The highest BCUT2D eigenvalue weighted by Crippen LogP contribution is 2.35. The highest BCUT2D eigenvalue weighted by atomic mass is 32.2. The minimum atomic E-state index is -4.43. The maximum Gasteiger partial charge on any atom is 0.422 e. The average Bonchev–Trinajstić information content (AvgIpc) is 3.40. The maximum atomic E-state index is 13.2. The molecular weight excluding hydrogens is 461 g/mol. The number of rotatable bonds is 7. The zero-order chi connectivity index (χ0) is 23.6. The molecule has 2 fully saturated rings. The summed E-state index contributed by atoms with van der Waals surface area (Å²) in [7, 11) is -2.07. The highest BCUT2D eigenvalue weighted by Gasteiger charge is 2.44. The Bertz CT molecular complexity index is 1050. The van der Waals surface area contributed by atoms with Crippen molar-refractivity contribution in [2.45, 2.75) is 30.1 Å². The lowest BCUT2D eigenvalue weighted by Crippen LogP contribution is -2.36. The van der Waals surface area contributed by atoms with Gasteiger partial charge in [0.15, 0.2) is 11.6 Å². The molecule has 1 aromatic heterocycles. The Balaban J connectivity index is 1.53. The Hall–Kier alpha value is -2.31. The van der Waals surface area contributed by atoms with Gasteiger partial charge in [0.1, 0.15) is 5.75 Å². The number of aryl methyl sites for hydroxylation is 1. The smallest absolute Gasteiger partial charge is 0.422 e. The minimum absolute atomic E-state index is 0.00755. The summed E-state index contributed by atoms with van der Waals surface area (Å²) in [5.74, 6) is 0.235. The number of halogens is 3. The second-order valence-corrected chi connectivity index (χ2v) is 10.4. The van der Waals surface area contributed by atoms with Crippen molar-refractivity contribution < 1.29 is 31.1 Å². The van der Waals surface area contributed by atoms with Crippen LogP contribution in [0.5, 0.6) is 5.75 Å². The molecule has 0 bridgehead atoms. The van der Waals surface area contributed by atoms with Gasteiger partial charge in [-0.25, -0.2) is 13.4 Å². The Morgan fingerprint density at radius 3 is 2.79 bits per heavy atom. The van der Waals surface area contributed by atoms with Crippen LogP contribution in [0.15, 0.2) is 41.8 Å². The van der Waals surface area contributed by atoms with Crippen molar-refractivity contribution in [2.24, 2.45) is 18.9 Å². The number of alkyl halides is 3. The first-order valence-electron chi connectivity index (χ1n) is 10.7. The lowest BCUT2D eigenvalue weighted by molar-refractivity contribution is -0.153. The van der Waals surface area contributed by atoms with E-state index in [0.29, 0.717) is 25.4 Å². The highest BCUT2D eigenvalue weighted by molar-refractivity contribution is 7.89. The normalized spacial score (nSPS) is 24.7. The standard InChI is InChI=1S/C21H27F3N4O4S/c1-27-11-20(25-14-27)33(29,30)28-9-18(15-4-3-7-31-12-15)19(10-28)26-16-5-2-6-17(8-16)32-13-21(22,23)24/h2,5-6,8,11,14-15,18-19,26H,3-4,7,9-10,12-13H2,1H3/t15-,18-,19+/m1/s1. The van der Waals surface area contributed by atoms with E-state index in [1.165, 1.54) is 29.0 Å². The van der Waals surface area contributed by atoms with E-state index in [-0.39, 0.29) is 35.2 Å². The molecule has 12 heteroatoms. The summed E-state index contributed by atoms with van der Waals surface area (Å²) < 4.78 is 77.4. The van der Waals surface area contributed by atoms with Crippen LogP contribution in [0.4, 0.5) is 18.9 Å². The molecule has 2 aliphatic rings. The van der Waals surface area contributed by atoms with Gasteiger partial charge < -0.3 is 19.4 Å². The van der Waals surface area contributed by atoms with E-state index >= 15 is 0 Å². The fourth-order valence-corrected chi connectivity index (χ4v) is 5.90. The first-order chi connectivity index (χ1) is 15.6. The van der Waals surface area contributed by atoms with Gasteiger partial charge in [-0.15, -0.1) is 0 Å². The molecule has 33 heavy (non-hydrogen) atoms. The van der Waals surface area contributed by atoms with E-state index < -0.39 is 22.8 Å². The molecule has 3 heterocycles. The van der Waals surface area contributed by atoms with E-state index in [9.17, 15) is 21.6 Å². The third kappa shape index (κ3) is 5.79. The van der Waals surface area contributed by atoms with E-state index in [1.54, 1.807) is 23.7 Å². The number of anilines is 1. The van der Waals surface area contributed by atoms with Gasteiger partial charge >= 0.3 is 6.18 Å². The molecule has 0 unspecified atom stereocenters. The molecule has 0 radical (unpaired) electrons. The Labute approximate surface area is 190 Å². The molecule has 2 saturated heterocycles. The van der Waals surface area contributed by atoms with Gasteiger partial charge in [0.2, 0.25) is 0 Å². The fourth-order valence-electron chi connectivity index (χ4n) is 4.43. The fraction of sp³-hybridized carbons (Fsp3) is 0.571. The van der Waals surface area contributed by atoms with Gasteiger partial charge in [-0.3, -0.25) is 0 Å². The van der Waals surface area contributed by atoms with Gasteiger partial charge in [0.05, 0.1) is 6.33 Å². The quantitative estimate of drug-likeness (QED) is 0.645. The number of sulfonamides is 1. The topological polar surface area (TPSA) is 85.7 Å². The van der Waals surface area contributed by atoms with E-state index in [0.717, 1.165) is 12.8 Å². The number of nitrogens with one attached hydrogen (secondary N) is 1. The number of hydrogen-bond donors (Lipinski definition) is 1. The number of nitrogens with zero attached hydrogens (tertiary/aromatic N) is 3. The molecule has 4 rings (SSSR count). The van der Waals surface area contributed by atoms with Crippen LogP contribution in [0, 0.1) is 11.8 Å². The molecule has 3 atom stereocenters. The number of ether oxygens (including phenoxy) is 2. The first kappa shape index (κ1) is 23.8. The second-order valence-electron chi connectivity index (χ2n) is 8.52. The molecule has 1 aromatic carbocycles. The molecule has 0 aliphatic carbocycles. The summed E-state index contributed by atoms with van der Waals surface area (Å²) >= 11 is 0. The molecule has 0 amide bonds. The van der Waals surface area contributed by atoms with Crippen molar-refractivity contribution >= 4 is 15.7 Å². The zero-order valence-electron chi connectivity index (χ0n) is 18.2. The van der Waals surface area contributed by atoms with Crippen LogP contribution in [0.1, 0.15) is 12.8 Å². The number of benzene rings is 1. The summed E-state index contributed by atoms with van der Waals surface area (Å²) in [4.78, 5) is 4.01. The van der Waals surface area contributed by atoms with E-state index in [4.69, 9.17) is 9.47 Å². The molecule has 182 valence electrons. The van der Waals surface area contributed by atoms with Crippen LogP contribution >= 0.6 is 0 Å². The van der Waals surface area contributed by atoms with Crippen LogP contribution in [-0.2, 0) is 21.8 Å². The van der Waals surface area contributed by atoms with E-state index in [2.05, 4.69) is 10.3 Å². The van der Waals surface area contributed by atoms with Crippen molar-refractivity contribution in [3.8, 4) is 5.75 Å².